The van der Waals surface area contributed by atoms with E-state index in [1.807, 2.05) is 42.5 Å². The molecule has 2 aromatic carbocycles. The predicted octanol–water partition coefficient (Wildman–Crippen LogP) is 3.16. The Morgan fingerprint density at radius 2 is 1.58 bits per heavy atom. The van der Waals surface area contributed by atoms with E-state index in [1.54, 1.807) is 23.9 Å². The maximum atomic E-state index is 12.1. The Balaban J connectivity index is 1.63. The Labute approximate surface area is 158 Å². The van der Waals surface area contributed by atoms with Gasteiger partial charge in [0.15, 0.2) is 0 Å². The van der Waals surface area contributed by atoms with Gasteiger partial charge in [-0.25, -0.2) is 4.79 Å². The fourth-order valence-electron chi connectivity index (χ4n) is 2.10. The lowest BCUT2D eigenvalue weighted by Crippen LogP contribution is -2.08. The minimum absolute atomic E-state index is 0.0334. The van der Waals surface area contributed by atoms with E-state index in [4.69, 9.17) is 19.3 Å². The van der Waals surface area contributed by atoms with E-state index in [0.29, 0.717) is 32.0 Å². The first-order chi connectivity index (χ1) is 12.8. The molecule has 140 valence electrons. The van der Waals surface area contributed by atoms with E-state index in [2.05, 4.69) is 0 Å². The zero-order chi connectivity index (χ0) is 18.5. The van der Waals surface area contributed by atoms with Crippen molar-refractivity contribution in [3.8, 4) is 0 Å². The largest absolute Gasteiger partial charge is 0.457 e. The fourth-order valence-corrected chi connectivity index (χ4v) is 2.86. The molecule has 1 N–H and O–H groups in total. The van der Waals surface area contributed by atoms with Crippen LogP contribution in [-0.4, -0.2) is 49.9 Å². The van der Waals surface area contributed by atoms with Crippen LogP contribution in [0.25, 0.3) is 0 Å². The monoisotopic (exact) mass is 376 g/mol. The molecule has 0 unspecified atom stereocenters. The standard InChI is InChI=1S/C20H24O5S/c21-10-11-23-12-13-24-14-15-26-19-8-6-18(7-9-19)20(22)25-16-17-4-2-1-3-5-17/h1-9,21H,10-16H2. The SMILES string of the molecule is O=C(OCc1ccccc1)c1ccc(SCCOCCOCCO)cc1. The molecule has 0 spiro atoms. The summed E-state index contributed by atoms with van der Waals surface area (Å²) in [5, 5.41) is 8.57. The summed E-state index contributed by atoms with van der Waals surface area (Å²) < 4.78 is 15.9. The van der Waals surface area contributed by atoms with E-state index in [-0.39, 0.29) is 19.2 Å². The molecule has 0 aliphatic heterocycles. The van der Waals surface area contributed by atoms with Crippen LogP contribution < -0.4 is 0 Å². The number of hydrogen-bond acceptors (Lipinski definition) is 6. The molecule has 0 amide bonds. The summed E-state index contributed by atoms with van der Waals surface area (Å²) >= 11 is 1.66. The minimum Gasteiger partial charge on any atom is -0.457 e. The van der Waals surface area contributed by atoms with Crippen molar-refractivity contribution in [2.45, 2.75) is 11.5 Å². The smallest absolute Gasteiger partial charge is 0.338 e. The Kier molecular flexibility index (Phi) is 9.82. The van der Waals surface area contributed by atoms with Gasteiger partial charge in [0.05, 0.1) is 38.6 Å². The molecule has 0 atom stereocenters. The van der Waals surface area contributed by atoms with Crippen molar-refractivity contribution in [2.24, 2.45) is 0 Å². The van der Waals surface area contributed by atoms with Crippen LogP contribution >= 0.6 is 11.8 Å². The maximum Gasteiger partial charge on any atom is 0.338 e. The summed E-state index contributed by atoms with van der Waals surface area (Å²) in [6, 6.07) is 17.0. The van der Waals surface area contributed by atoms with Crippen molar-refractivity contribution in [1.82, 2.24) is 0 Å². The van der Waals surface area contributed by atoms with E-state index < -0.39 is 0 Å². The average Bonchev–Trinajstić information content (AvgIpc) is 2.69. The van der Waals surface area contributed by atoms with Gasteiger partial charge in [-0.3, -0.25) is 0 Å². The highest BCUT2D eigenvalue weighted by molar-refractivity contribution is 7.99. The molecule has 26 heavy (non-hydrogen) atoms. The lowest BCUT2D eigenvalue weighted by molar-refractivity contribution is 0.0377. The van der Waals surface area contributed by atoms with Gasteiger partial charge in [0, 0.05) is 10.6 Å². The molecule has 2 aromatic rings. The molecular weight excluding hydrogens is 352 g/mol. The van der Waals surface area contributed by atoms with Crippen molar-refractivity contribution < 1.29 is 24.1 Å². The molecule has 6 heteroatoms. The van der Waals surface area contributed by atoms with Gasteiger partial charge in [0.1, 0.15) is 6.61 Å². The molecule has 0 bridgehead atoms. The highest BCUT2D eigenvalue weighted by Gasteiger charge is 2.07. The number of rotatable bonds is 12. The first-order valence-corrected chi connectivity index (χ1v) is 9.48. The Morgan fingerprint density at radius 3 is 2.27 bits per heavy atom. The summed E-state index contributed by atoms with van der Waals surface area (Å²) in [4.78, 5) is 13.1. The van der Waals surface area contributed by atoms with E-state index in [0.717, 1.165) is 16.2 Å². The third kappa shape index (κ3) is 8.01. The number of carbonyl (C=O) groups excluding carboxylic acids is 1. The topological polar surface area (TPSA) is 65.0 Å². The zero-order valence-electron chi connectivity index (χ0n) is 14.6. The number of hydrogen-bond donors (Lipinski definition) is 1. The number of esters is 1. The number of aliphatic hydroxyl groups excluding tert-OH is 1. The van der Waals surface area contributed by atoms with Gasteiger partial charge in [-0.15, -0.1) is 11.8 Å². The van der Waals surface area contributed by atoms with Gasteiger partial charge >= 0.3 is 5.97 Å². The van der Waals surface area contributed by atoms with Gasteiger partial charge in [-0.05, 0) is 29.8 Å². The quantitative estimate of drug-likeness (QED) is 0.349. The van der Waals surface area contributed by atoms with Gasteiger partial charge < -0.3 is 19.3 Å². The van der Waals surface area contributed by atoms with Crippen molar-refractivity contribution in [2.75, 3.05) is 38.8 Å². The second-order valence-electron chi connectivity index (χ2n) is 5.38. The second kappa shape index (κ2) is 12.5. The number of ether oxygens (including phenoxy) is 3. The molecule has 0 fully saturated rings. The first kappa shape index (κ1) is 20.5. The minimum atomic E-state index is -0.323. The zero-order valence-corrected chi connectivity index (χ0v) is 15.5. The summed E-state index contributed by atoms with van der Waals surface area (Å²) in [6.07, 6.45) is 0. The molecule has 0 aliphatic rings. The van der Waals surface area contributed by atoms with Crippen LogP contribution in [0.3, 0.4) is 0 Å². The van der Waals surface area contributed by atoms with Crippen LogP contribution in [0, 0.1) is 0 Å². The lowest BCUT2D eigenvalue weighted by Gasteiger charge is -2.07. The highest BCUT2D eigenvalue weighted by atomic mass is 32.2. The molecule has 0 aliphatic carbocycles. The van der Waals surface area contributed by atoms with Crippen molar-refractivity contribution in [3.63, 3.8) is 0 Å². The number of aliphatic hydroxyl groups is 1. The molecule has 0 aromatic heterocycles. The summed E-state index contributed by atoms with van der Waals surface area (Å²) in [5.74, 6) is 0.495. The summed E-state index contributed by atoms with van der Waals surface area (Å²) in [6.45, 7) is 2.28. The van der Waals surface area contributed by atoms with Crippen LogP contribution in [0.1, 0.15) is 15.9 Å². The van der Waals surface area contributed by atoms with Gasteiger partial charge in [0.25, 0.3) is 0 Å². The fraction of sp³-hybridized carbons (Fsp3) is 0.350. The third-order valence-corrected chi connectivity index (χ3v) is 4.38. The van der Waals surface area contributed by atoms with E-state index in [1.165, 1.54) is 0 Å². The van der Waals surface area contributed by atoms with Crippen LogP contribution in [0.5, 0.6) is 0 Å². The number of thioether (sulfide) groups is 1. The third-order valence-electron chi connectivity index (χ3n) is 3.41. The highest BCUT2D eigenvalue weighted by Crippen LogP contribution is 2.18. The maximum absolute atomic E-state index is 12.1. The van der Waals surface area contributed by atoms with Crippen LogP contribution in [0.2, 0.25) is 0 Å². The van der Waals surface area contributed by atoms with Gasteiger partial charge in [-0.2, -0.15) is 0 Å². The van der Waals surface area contributed by atoms with Crippen LogP contribution in [0.4, 0.5) is 0 Å². The normalized spacial score (nSPS) is 10.7. The van der Waals surface area contributed by atoms with Crippen LogP contribution in [-0.2, 0) is 20.8 Å². The average molecular weight is 376 g/mol. The molecular formula is C20H24O5S. The Hall–Kier alpha value is -1.86. The van der Waals surface area contributed by atoms with Crippen molar-refractivity contribution in [1.29, 1.82) is 0 Å². The molecule has 2 rings (SSSR count). The Morgan fingerprint density at radius 1 is 0.885 bits per heavy atom. The van der Waals surface area contributed by atoms with Crippen LogP contribution in [0.15, 0.2) is 59.5 Å². The van der Waals surface area contributed by atoms with Gasteiger partial charge in [0.2, 0.25) is 0 Å². The number of carbonyl (C=O) groups is 1. The second-order valence-corrected chi connectivity index (χ2v) is 6.55. The van der Waals surface area contributed by atoms with E-state index in [9.17, 15) is 4.79 Å². The predicted molar refractivity (Wildman–Crippen MR) is 101 cm³/mol. The summed E-state index contributed by atoms with van der Waals surface area (Å²) in [7, 11) is 0. The first-order valence-electron chi connectivity index (χ1n) is 8.50. The number of benzene rings is 2. The molecule has 0 radical (unpaired) electrons. The lowest BCUT2D eigenvalue weighted by atomic mass is 10.2. The molecule has 0 saturated carbocycles. The van der Waals surface area contributed by atoms with Crippen molar-refractivity contribution in [3.05, 3.63) is 65.7 Å². The summed E-state index contributed by atoms with van der Waals surface area (Å²) in [5.41, 5.74) is 1.51. The van der Waals surface area contributed by atoms with Crippen molar-refractivity contribution >= 4 is 17.7 Å². The van der Waals surface area contributed by atoms with Gasteiger partial charge in [-0.1, -0.05) is 30.3 Å². The molecule has 5 nitrogen and oxygen atoms in total. The molecule has 0 saturated heterocycles. The Bertz CT molecular complexity index is 630. The van der Waals surface area contributed by atoms with E-state index >= 15 is 0 Å². The molecule has 0 heterocycles.